The molecule has 5 heteroatoms. The van der Waals surface area contributed by atoms with Crippen molar-refractivity contribution in [3.8, 4) is 0 Å². The molecule has 0 N–H and O–H groups in total. The van der Waals surface area contributed by atoms with E-state index in [4.69, 9.17) is 4.42 Å². The maximum atomic E-state index is 12.1. The summed E-state index contributed by atoms with van der Waals surface area (Å²) in [7, 11) is 0. The molecule has 0 bridgehead atoms. The van der Waals surface area contributed by atoms with Crippen LogP contribution in [0.5, 0.6) is 0 Å². The number of thioether (sulfide) groups is 1. The summed E-state index contributed by atoms with van der Waals surface area (Å²) in [4.78, 5) is 14.0. The number of carbonyl (C=O) groups is 1. The minimum absolute atomic E-state index is 0.0669. The fourth-order valence-corrected chi connectivity index (χ4v) is 2.97. The number of rotatable bonds is 1. The van der Waals surface area contributed by atoms with Gasteiger partial charge in [-0.1, -0.05) is 0 Å². The molecule has 3 nitrogen and oxygen atoms in total. The van der Waals surface area contributed by atoms with Crippen LogP contribution in [0.2, 0.25) is 0 Å². The number of hydrogen-bond donors (Lipinski definition) is 0. The Bertz CT molecular complexity index is 366. The van der Waals surface area contributed by atoms with Crippen molar-refractivity contribution in [1.82, 2.24) is 4.90 Å². The average Bonchev–Trinajstić information content (AvgIpc) is 2.65. The van der Waals surface area contributed by atoms with E-state index in [1.807, 2.05) is 16.7 Å². The van der Waals surface area contributed by atoms with E-state index in [1.165, 1.54) is 6.26 Å². The number of carbonyl (C=O) groups excluding carboxylic acids is 1. The van der Waals surface area contributed by atoms with Crippen LogP contribution in [0, 0.1) is 0 Å². The van der Waals surface area contributed by atoms with Crippen molar-refractivity contribution < 1.29 is 9.21 Å². The highest BCUT2D eigenvalue weighted by Crippen LogP contribution is 2.21. The third-order valence-corrected chi connectivity index (χ3v) is 4.05. The lowest BCUT2D eigenvalue weighted by molar-refractivity contribution is 0.0715. The summed E-state index contributed by atoms with van der Waals surface area (Å²) in [6.45, 7) is 2.91. The summed E-state index contributed by atoms with van der Waals surface area (Å²) in [6.07, 6.45) is 1.50. The number of nitrogens with zero attached hydrogens (tertiary/aromatic N) is 1. The number of hydrogen-bond acceptors (Lipinski definition) is 3. The Balaban J connectivity index is 2.13. The Kier molecular flexibility index (Phi) is 3.41. The normalized spacial score (nSPS) is 21.7. The molecule has 1 amide bonds. The molecular formula is C10H12BrNO2S. The summed E-state index contributed by atoms with van der Waals surface area (Å²) in [5, 5.41) is 0. The molecule has 0 aliphatic carbocycles. The molecule has 1 atom stereocenters. The number of halogens is 1. The van der Waals surface area contributed by atoms with E-state index >= 15 is 0 Å². The minimum atomic E-state index is 0.0669. The molecule has 1 fully saturated rings. The molecule has 1 aromatic rings. The van der Waals surface area contributed by atoms with Gasteiger partial charge in [0.2, 0.25) is 0 Å². The fraction of sp³-hybridized carbons (Fsp3) is 0.500. The van der Waals surface area contributed by atoms with Crippen LogP contribution in [0.15, 0.2) is 21.4 Å². The highest BCUT2D eigenvalue weighted by molar-refractivity contribution is 9.10. The molecule has 82 valence electrons. The third-order valence-electron chi connectivity index (χ3n) is 2.44. The first-order valence-corrected chi connectivity index (χ1v) is 6.76. The SMILES string of the molecule is CC1CSCCN1C(=O)c1coc(Br)c1. The van der Waals surface area contributed by atoms with Crippen molar-refractivity contribution in [2.75, 3.05) is 18.1 Å². The molecule has 1 aliphatic rings. The largest absolute Gasteiger partial charge is 0.457 e. The molecular weight excluding hydrogens is 278 g/mol. The van der Waals surface area contributed by atoms with Crippen LogP contribution in [-0.4, -0.2) is 34.9 Å². The van der Waals surface area contributed by atoms with Crippen molar-refractivity contribution >= 4 is 33.6 Å². The van der Waals surface area contributed by atoms with Crippen LogP contribution >= 0.6 is 27.7 Å². The van der Waals surface area contributed by atoms with Gasteiger partial charge in [0.05, 0.1) is 5.56 Å². The number of amides is 1. The Hall–Kier alpha value is -0.420. The molecule has 0 spiro atoms. The van der Waals surface area contributed by atoms with Gasteiger partial charge in [-0.15, -0.1) is 0 Å². The van der Waals surface area contributed by atoms with Crippen molar-refractivity contribution in [3.63, 3.8) is 0 Å². The summed E-state index contributed by atoms with van der Waals surface area (Å²) >= 11 is 5.10. The van der Waals surface area contributed by atoms with Gasteiger partial charge in [0.15, 0.2) is 4.67 Å². The first kappa shape index (κ1) is 11.1. The maximum absolute atomic E-state index is 12.1. The van der Waals surface area contributed by atoms with Gasteiger partial charge in [-0.05, 0) is 22.9 Å². The second kappa shape index (κ2) is 4.61. The fourth-order valence-electron chi connectivity index (χ4n) is 1.62. The molecule has 0 aromatic carbocycles. The average molecular weight is 290 g/mol. The second-order valence-corrected chi connectivity index (χ2v) is 5.49. The van der Waals surface area contributed by atoms with Crippen molar-refractivity contribution in [2.45, 2.75) is 13.0 Å². The van der Waals surface area contributed by atoms with Gasteiger partial charge in [0, 0.05) is 30.2 Å². The minimum Gasteiger partial charge on any atom is -0.457 e. The van der Waals surface area contributed by atoms with Gasteiger partial charge >= 0.3 is 0 Å². The van der Waals surface area contributed by atoms with Crippen LogP contribution in [0.1, 0.15) is 17.3 Å². The van der Waals surface area contributed by atoms with E-state index in [0.29, 0.717) is 16.3 Å². The van der Waals surface area contributed by atoms with Gasteiger partial charge in [0.1, 0.15) is 6.26 Å². The first-order chi connectivity index (χ1) is 7.18. The summed E-state index contributed by atoms with van der Waals surface area (Å²) in [6, 6.07) is 2.03. The lowest BCUT2D eigenvalue weighted by Crippen LogP contribution is -2.44. The van der Waals surface area contributed by atoms with E-state index in [1.54, 1.807) is 6.07 Å². The summed E-state index contributed by atoms with van der Waals surface area (Å²) < 4.78 is 5.68. The standard InChI is InChI=1S/C10H12BrNO2S/c1-7-6-15-3-2-12(7)10(13)8-4-9(11)14-5-8/h4-5,7H,2-3,6H2,1H3. The molecule has 1 saturated heterocycles. The monoisotopic (exact) mass is 289 g/mol. The highest BCUT2D eigenvalue weighted by Gasteiger charge is 2.25. The predicted octanol–water partition coefficient (Wildman–Crippen LogP) is 2.62. The van der Waals surface area contributed by atoms with Crippen LogP contribution in [0.25, 0.3) is 0 Å². The Labute approximate surface area is 101 Å². The van der Waals surface area contributed by atoms with Gasteiger partial charge in [0.25, 0.3) is 5.91 Å². The van der Waals surface area contributed by atoms with Crippen LogP contribution in [0.4, 0.5) is 0 Å². The maximum Gasteiger partial charge on any atom is 0.257 e. The lowest BCUT2D eigenvalue weighted by atomic mass is 10.2. The van der Waals surface area contributed by atoms with Gasteiger partial charge < -0.3 is 9.32 Å². The van der Waals surface area contributed by atoms with Crippen LogP contribution in [-0.2, 0) is 0 Å². The smallest absolute Gasteiger partial charge is 0.257 e. The van der Waals surface area contributed by atoms with Gasteiger partial charge in [-0.25, -0.2) is 0 Å². The van der Waals surface area contributed by atoms with E-state index < -0.39 is 0 Å². The zero-order valence-corrected chi connectivity index (χ0v) is 10.8. The molecule has 1 aliphatic heterocycles. The molecule has 2 rings (SSSR count). The molecule has 0 radical (unpaired) electrons. The van der Waals surface area contributed by atoms with Crippen LogP contribution in [0.3, 0.4) is 0 Å². The van der Waals surface area contributed by atoms with E-state index in [-0.39, 0.29) is 5.91 Å². The molecule has 1 aromatic heterocycles. The Morgan fingerprint density at radius 3 is 3.13 bits per heavy atom. The molecule has 1 unspecified atom stereocenters. The van der Waals surface area contributed by atoms with Crippen molar-refractivity contribution in [1.29, 1.82) is 0 Å². The second-order valence-electron chi connectivity index (χ2n) is 3.56. The Morgan fingerprint density at radius 1 is 1.73 bits per heavy atom. The van der Waals surface area contributed by atoms with Gasteiger partial charge in [-0.3, -0.25) is 4.79 Å². The zero-order valence-electron chi connectivity index (χ0n) is 8.40. The molecule has 0 saturated carbocycles. The van der Waals surface area contributed by atoms with Gasteiger partial charge in [-0.2, -0.15) is 11.8 Å². The molecule has 15 heavy (non-hydrogen) atoms. The van der Waals surface area contributed by atoms with E-state index in [0.717, 1.165) is 18.1 Å². The Morgan fingerprint density at radius 2 is 2.53 bits per heavy atom. The van der Waals surface area contributed by atoms with Crippen LogP contribution < -0.4 is 0 Å². The molecule has 2 heterocycles. The van der Waals surface area contributed by atoms with Crippen molar-refractivity contribution in [3.05, 3.63) is 22.6 Å². The van der Waals surface area contributed by atoms with E-state index in [2.05, 4.69) is 22.9 Å². The third kappa shape index (κ3) is 2.39. The first-order valence-electron chi connectivity index (χ1n) is 4.81. The van der Waals surface area contributed by atoms with E-state index in [9.17, 15) is 4.79 Å². The zero-order chi connectivity index (χ0) is 10.8. The number of furan rings is 1. The highest BCUT2D eigenvalue weighted by atomic mass is 79.9. The topological polar surface area (TPSA) is 33.5 Å². The quantitative estimate of drug-likeness (QED) is 0.797. The summed E-state index contributed by atoms with van der Waals surface area (Å²) in [5.41, 5.74) is 0.626. The van der Waals surface area contributed by atoms with Crippen molar-refractivity contribution in [2.24, 2.45) is 0 Å². The predicted molar refractivity (Wildman–Crippen MR) is 64.2 cm³/mol. The lowest BCUT2D eigenvalue weighted by Gasteiger charge is -2.32. The summed E-state index contributed by atoms with van der Waals surface area (Å²) in [5.74, 6) is 2.11.